The maximum Gasteiger partial charge on any atom is 0.225 e. The van der Waals surface area contributed by atoms with Crippen LogP contribution >= 0.6 is 0 Å². The third-order valence-corrected chi connectivity index (χ3v) is 6.31. The van der Waals surface area contributed by atoms with Crippen LogP contribution < -0.4 is 0 Å². The van der Waals surface area contributed by atoms with Crippen LogP contribution in [0.2, 0.25) is 0 Å². The molecule has 1 amide bonds. The van der Waals surface area contributed by atoms with E-state index < -0.39 is 0 Å². The SMILES string of the molecule is CC[C@H]1C[C@@H](C(=O)N2CCCN(CC3CCCCC3)CC2)CCO1. The highest BCUT2D eigenvalue weighted by atomic mass is 16.5. The van der Waals surface area contributed by atoms with Crippen molar-refractivity contribution in [2.75, 3.05) is 39.3 Å². The molecule has 3 rings (SSSR count). The van der Waals surface area contributed by atoms with Crippen LogP contribution in [0.5, 0.6) is 0 Å². The molecular formula is C20H36N2O2. The van der Waals surface area contributed by atoms with Crippen LogP contribution in [0.4, 0.5) is 0 Å². The fourth-order valence-corrected chi connectivity index (χ4v) is 4.76. The minimum absolute atomic E-state index is 0.202. The topological polar surface area (TPSA) is 32.8 Å². The molecule has 1 saturated carbocycles. The molecule has 0 radical (unpaired) electrons. The highest BCUT2D eigenvalue weighted by Crippen LogP contribution is 2.26. The zero-order valence-corrected chi connectivity index (χ0v) is 15.5. The third kappa shape index (κ3) is 4.95. The van der Waals surface area contributed by atoms with Crippen molar-refractivity contribution in [2.45, 2.75) is 70.8 Å². The Morgan fingerprint density at radius 1 is 1.00 bits per heavy atom. The predicted octanol–water partition coefficient (Wildman–Crippen LogP) is 3.31. The standard InChI is InChI=1S/C20H36N2O2/c1-2-19-15-18(9-14-24-19)20(23)22-11-6-10-21(12-13-22)16-17-7-4-3-5-8-17/h17-19H,2-16H2,1H3/t18-,19-/m0/s1. The number of carbonyl (C=O) groups excluding carboxylic acids is 1. The lowest BCUT2D eigenvalue weighted by molar-refractivity contribution is -0.140. The van der Waals surface area contributed by atoms with Crippen LogP contribution in [-0.4, -0.2) is 61.1 Å². The Bertz CT molecular complexity index is 395. The van der Waals surface area contributed by atoms with Crippen LogP contribution in [0.1, 0.15) is 64.7 Å². The van der Waals surface area contributed by atoms with Crippen LogP contribution in [0, 0.1) is 11.8 Å². The second-order valence-corrected chi connectivity index (χ2v) is 8.11. The van der Waals surface area contributed by atoms with E-state index >= 15 is 0 Å². The number of ether oxygens (including phenoxy) is 1. The lowest BCUT2D eigenvalue weighted by Crippen LogP contribution is -2.42. The Hall–Kier alpha value is -0.610. The Labute approximate surface area is 147 Å². The first-order valence-electron chi connectivity index (χ1n) is 10.4. The molecule has 138 valence electrons. The molecule has 3 aliphatic rings. The molecule has 0 aromatic carbocycles. The minimum Gasteiger partial charge on any atom is -0.378 e. The normalized spacial score (nSPS) is 31.0. The first-order chi connectivity index (χ1) is 11.8. The Kier molecular flexibility index (Phi) is 6.96. The summed E-state index contributed by atoms with van der Waals surface area (Å²) in [6.07, 6.45) is 11.4. The van der Waals surface area contributed by atoms with Crippen molar-refractivity contribution in [3.05, 3.63) is 0 Å². The summed E-state index contributed by atoms with van der Waals surface area (Å²) >= 11 is 0. The molecule has 2 atom stereocenters. The van der Waals surface area contributed by atoms with Gasteiger partial charge >= 0.3 is 0 Å². The van der Waals surface area contributed by atoms with Gasteiger partial charge in [-0.2, -0.15) is 0 Å². The van der Waals surface area contributed by atoms with Crippen LogP contribution in [0.3, 0.4) is 0 Å². The average molecular weight is 337 g/mol. The second kappa shape index (κ2) is 9.19. The van der Waals surface area contributed by atoms with Gasteiger partial charge in [-0.25, -0.2) is 0 Å². The van der Waals surface area contributed by atoms with Gasteiger partial charge in [-0.15, -0.1) is 0 Å². The molecule has 4 nitrogen and oxygen atoms in total. The van der Waals surface area contributed by atoms with Crippen molar-refractivity contribution in [1.29, 1.82) is 0 Å². The first-order valence-corrected chi connectivity index (χ1v) is 10.4. The van der Waals surface area contributed by atoms with Crippen LogP contribution in [0.15, 0.2) is 0 Å². The molecule has 24 heavy (non-hydrogen) atoms. The monoisotopic (exact) mass is 336 g/mol. The quantitative estimate of drug-likeness (QED) is 0.789. The van der Waals surface area contributed by atoms with Crippen molar-refractivity contribution >= 4 is 5.91 Å². The zero-order chi connectivity index (χ0) is 16.8. The van der Waals surface area contributed by atoms with E-state index in [2.05, 4.69) is 16.7 Å². The van der Waals surface area contributed by atoms with Crippen molar-refractivity contribution in [3.63, 3.8) is 0 Å². The van der Waals surface area contributed by atoms with E-state index in [4.69, 9.17) is 4.74 Å². The molecule has 0 spiro atoms. The molecule has 0 N–H and O–H groups in total. The number of nitrogens with zero attached hydrogens (tertiary/aromatic N) is 2. The summed E-state index contributed by atoms with van der Waals surface area (Å²) in [6.45, 7) is 8.31. The molecule has 4 heteroatoms. The predicted molar refractivity (Wildman–Crippen MR) is 97.0 cm³/mol. The van der Waals surface area contributed by atoms with E-state index in [-0.39, 0.29) is 5.92 Å². The van der Waals surface area contributed by atoms with E-state index in [1.165, 1.54) is 45.2 Å². The van der Waals surface area contributed by atoms with Gasteiger partial charge in [-0.05, 0) is 51.0 Å². The molecule has 2 saturated heterocycles. The van der Waals surface area contributed by atoms with Crippen LogP contribution in [0.25, 0.3) is 0 Å². The molecule has 2 heterocycles. The van der Waals surface area contributed by atoms with Gasteiger partial charge in [0.2, 0.25) is 5.91 Å². The molecule has 2 aliphatic heterocycles. The van der Waals surface area contributed by atoms with Gasteiger partial charge in [0.05, 0.1) is 6.10 Å². The molecule has 0 aromatic heterocycles. The molecule has 0 bridgehead atoms. The number of hydrogen-bond acceptors (Lipinski definition) is 3. The largest absolute Gasteiger partial charge is 0.378 e. The number of hydrogen-bond donors (Lipinski definition) is 0. The van der Waals surface area contributed by atoms with Gasteiger partial charge in [0.15, 0.2) is 0 Å². The first kappa shape index (κ1) is 18.2. The minimum atomic E-state index is 0.202. The average Bonchev–Trinajstić information content (AvgIpc) is 2.87. The molecule has 3 fully saturated rings. The Morgan fingerprint density at radius 3 is 2.62 bits per heavy atom. The number of carbonyl (C=O) groups is 1. The van der Waals surface area contributed by atoms with E-state index in [0.717, 1.165) is 57.8 Å². The summed E-state index contributed by atoms with van der Waals surface area (Å²) in [6, 6.07) is 0. The highest BCUT2D eigenvalue weighted by Gasteiger charge is 2.31. The van der Waals surface area contributed by atoms with Gasteiger partial charge in [-0.1, -0.05) is 26.2 Å². The maximum absolute atomic E-state index is 12.9. The van der Waals surface area contributed by atoms with Gasteiger partial charge in [-0.3, -0.25) is 4.79 Å². The van der Waals surface area contributed by atoms with Gasteiger partial charge in [0, 0.05) is 38.7 Å². The molecule has 1 aliphatic carbocycles. The highest BCUT2D eigenvalue weighted by molar-refractivity contribution is 5.79. The fourth-order valence-electron chi connectivity index (χ4n) is 4.76. The summed E-state index contributed by atoms with van der Waals surface area (Å²) in [4.78, 5) is 17.7. The smallest absolute Gasteiger partial charge is 0.225 e. The summed E-state index contributed by atoms with van der Waals surface area (Å²) in [7, 11) is 0. The van der Waals surface area contributed by atoms with Gasteiger partial charge in [0.25, 0.3) is 0 Å². The van der Waals surface area contributed by atoms with Gasteiger partial charge < -0.3 is 14.5 Å². The third-order valence-electron chi connectivity index (χ3n) is 6.31. The summed E-state index contributed by atoms with van der Waals surface area (Å²) in [5, 5.41) is 0. The zero-order valence-electron chi connectivity index (χ0n) is 15.5. The second-order valence-electron chi connectivity index (χ2n) is 8.11. The van der Waals surface area contributed by atoms with E-state index in [1.54, 1.807) is 0 Å². The molecule has 0 unspecified atom stereocenters. The van der Waals surface area contributed by atoms with Crippen LogP contribution in [-0.2, 0) is 9.53 Å². The van der Waals surface area contributed by atoms with Crippen molar-refractivity contribution < 1.29 is 9.53 Å². The lowest BCUT2D eigenvalue weighted by Gasteiger charge is -2.32. The molecule has 0 aromatic rings. The van der Waals surface area contributed by atoms with E-state index in [9.17, 15) is 4.79 Å². The Morgan fingerprint density at radius 2 is 1.83 bits per heavy atom. The fraction of sp³-hybridized carbons (Fsp3) is 0.950. The van der Waals surface area contributed by atoms with E-state index in [0.29, 0.717) is 12.0 Å². The van der Waals surface area contributed by atoms with Gasteiger partial charge in [0.1, 0.15) is 0 Å². The van der Waals surface area contributed by atoms with E-state index in [1.807, 2.05) is 0 Å². The van der Waals surface area contributed by atoms with Crippen molar-refractivity contribution in [3.8, 4) is 0 Å². The summed E-state index contributed by atoms with van der Waals surface area (Å²) in [5.41, 5.74) is 0. The summed E-state index contributed by atoms with van der Waals surface area (Å²) in [5.74, 6) is 1.51. The molecular weight excluding hydrogens is 300 g/mol. The van der Waals surface area contributed by atoms with Crippen molar-refractivity contribution in [2.24, 2.45) is 11.8 Å². The maximum atomic E-state index is 12.9. The lowest BCUT2D eigenvalue weighted by atomic mass is 9.89. The number of rotatable bonds is 4. The Balaban J connectivity index is 1.46. The van der Waals surface area contributed by atoms with Crippen molar-refractivity contribution in [1.82, 2.24) is 9.80 Å². The summed E-state index contributed by atoms with van der Waals surface area (Å²) < 4.78 is 5.74. The number of amides is 1.